The SMILES string of the molecule is CCCCCC(N)(N)Cc1ccccc1. The lowest BCUT2D eigenvalue weighted by molar-refractivity contribution is 0.387. The molecule has 0 saturated heterocycles. The van der Waals surface area contributed by atoms with Gasteiger partial charge in [0.2, 0.25) is 0 Å². The largest absolute Gasteiger partial charge is 0.313 e. The van der Waals surface area contributed by atoms with Crippen LogP contribution in [0.15, 0.2) is 30.3 Å². The summed E-state index contributed by atoms with van der Waals surface area (Å²) >= 11 is 0. The summed E-state index contributed by atoms with van der Waals surface area (Å²) in [6.07, 6.45) is 5.20. The molecule has 0 saturated carbocycles. The van der Waals surface area contributed by atoms with E-state index >= 15 is 0 Å². The maximum atomic E-state index is 6.07. The molecule has 1 aromatic rings. The number of nitrogens with two attached hydrogens (primary N) is 2. The summed E-state index contributed by atoms with van der Waals surface area (Å²) in [5.74, 6) is 0. The minimum absolute atomic E-state index is 0.545. The van der Waals surface area contributed by atoms with Gasteiger partial charge >= 0.3 is 0 Å². The molecule has 2 heteroatoms. The molecule has 0 bridgehead atoms. The Hall–Kier alpha value is -0.860. The fourth-order valence-electron chi connectivity index (χ4n) is 1.77. The van der Waals surface area contributed by atoms with E-state index in [1.807, 2.05) is 18.2 Å². The quantitative estimate of drug-likeness (QED) is 0.555. The van der Waals surface area contributed by atoms with Crippen molar-refractivity contribution >= 4 is 0 Å². The van der Waals surface area contributed by atoms with Gasteiger partial charge in [-0.2, -0.15) is 0 Å². The maximum absolute atomic E-state index is 6.07. The van der Waals surface area contributed by atoms with E-state index < -0.39 is 5.66 Å². The molecule has 0 aromatic heterocycles. The number of hydrogen-bond donors (Lipinski definition) is 2. The van der Waals surface area contributed by atoms with Gasteiger partial charge in [-0.05, 0) is 12.0 Å². The highest BCUT2D eigenvalue weighted by molar-refractivity contribution is 5.17. The van der Waals surface area contributed by atoms with Crippen LogP contribution in [-0.4, -0.2) is 5.66 Å². The summed E-state index contributed by atoms with van der Waals surface area (Å²) in [4.78, 5) is 0. The summed E-state index contributed by atoms with van der Waals surface area (Å²) in [7, 11) is 0. The number of rotatable bonds is 6. The molecule has 0 atom stereocenters. The van der Waals surface area contributed by atoms with Gasteiger partial charge in [-0.15, -0.1) is 0 Å². The normalized spacial score (nSPS) is 11.7. The average molecular weight is 206 g/mol. The van der Waals surface area contributed by atoms with Crippen LogP contribution in [-0.2, 0) is 6.42 Å². The molecule has 4 N–H and O–H groups in total. The molecule has 0 aliphatic carbocycles. The van der Waals surface area contributed by atoms with Crippen LogP contribution in [0.5, 0.6) is 0 Å². The molecule has 1 rings (SSSR count). The molecule has 1 aromatic carbocycles. The minimum Gasteiger partial charge on any atom is -0.313 e. The zero-order valence-corrected chi connectivity index (χ0v) is 9.58. The van der Waals surface area contributed by atoms with E-state index in [1.54, 1.807) is 0 Å². The zero-order valence-electron chi connectivity index (χ0n) is 9.58. The molecular weight excluding hydrogens is 184 g/mol. The smallest absolute Gasteiger partial charge is 0.0677 e. The molecule has 2 nitrogen and oxygen atoms in total. The van der Waals surface area contributed by atoms with Crippen molar-refractivity contribution in [3.8, 4) is 0 Å². The highest BCUT2D eigenvalue weighted by atomic mass is 14.9. The van der Waals surface area contributed by atoms with Crippen molar-refractivity contribution in [3.05, 3.63) is 35.9 Å². The van der Waals surface area contributed by atoms with Gasteiger partial charge < -0.3 is 11.5 Å². The zero-order chi connectivity index (χ0) is 11.1. The lowest BCUT2D eigenvalue weighted by Crippen LogP contribution is -2.51. The minimum atomic E-state index is -0.545. The third-order valence-electron chi connectivity index (χ3n) is 2.62. The Morgan fingerprint density at radius 3 is 2.33 bits per heavy atom. The van der Waals surface area contributed by atoms with Crippen LogP contribution in [0.2, 0.25) is 0 Å². The Balaban J connectivity index is 2.42. The fourth-order valence-corrected chi connectivity index (χ4v) is 1.77. The maximum Gasteiger partial charge on any atom is 0.0677 e. The first-order valence-electron chi connectivity index (χ1n) is 5.76. The molecule has 0 heterocycles. The topological polar surface area (TPSA) is 52.0 Å². The molecule has 0 amide bonds. The summed E-state index contributed by atoms with van der Waals surface area (Å²) < 4.78 is 0. The van der Waals surface area contributed by atoms with Crippen molar-refractivity contribution in [1.82, 2.24) is 0 Å². The van der Waals surface area contributed by atoms with E-state index in [-0.39, 0.29) is 0 Å². The first-order valence-corrected chi connectivity index (χ1v) is 5.76. The van der Waals surface area contributed by atoms with Gasteiger partial charge in [0.05, 0.1) is 5.66 Å². The fraction of sp³-hybridized carbons (Fsp3) is 0.538. The molecule has 0 radical (unpaired) electrons. The first-order chi connectivity index (χ1) is 7.14. The van der Waals surface area contributed by atoms with Crippen LogP contribution in [0.3, 0.4) is 0 Å². The predicted molar refractivity (Wildman–Crippen MR) is 65.4 cm³/mol. The van der Waals surface area contributed by atoms with Gasteiger partial charge in [0.15, 0.2) is 0 Å². The van der Waals surface area contributed by atoms with Crippen molar-refractivity contribution in [1.29, 1.82) is 0 Å². The van der Waals surface area contributed by atoms with Gasteiger partial charge in [0.1, 0.15) is 0 Å². The van der Waals surface area contributed by atoms with Crippen LogP contribution in [0.1, 0.15) is 38.2 Å². The monoisotopic (exact) mass is 206 g/mol. The van der Waals surface area contributed by atoms with Gasteiger partial charge in [-0.25, -0.2) is 0 Å². The Bertz CT molecular complexity index is 267. The van der Waals surface area contributed by atoms with Crippen LogP contribution >= 0.6 is 0 Å². The summed E-state index contributed by atoms with van der Waals surface area (Å²) in [6, 6.07) is 10.2. The van der Waals surface area contributed by atoms with Crippen LogP contribution in [0.25, 0.3) is 0 Å². The predicted octanol–water partition coefficient (Wildman–Crippen LogP) is 2.42. The molecule has 84 valence electrons. The lowest BCUT2D eigenvalue weighted by Gasteiger charge is -2.24. The van der Waals surface area contributed by atoms with Crippen LogP contribution in [0, 0.1) is 0 Å². The van der Waals surface area contributed by atoms with E-state index in [0.717, 1.165) is 19.3 Å². The summed E-state index contributed by atoms with van der Waals surface area (Å²) in [5, 5.41) is 0. The molecule has 0 aliphatic rings. The Kier molecular flexibility index (Phi) is 4.79. The Morgan fingerprint density at radius 2 is 1.73 bits per heavy atom. The van der Waals surface area contributed by atoms with Crippen LogP contribution in [0.4, 0.5) is 0 Å². The van der Waals surface area contributed by atoms with E-state index in [4.69, 9.17) is 11.5 Å². The van der Waals surface area contributed by atoms with Gasteiger partial charge in [0.25, 0.3) is 0 Å². The molecule has 0 spiro atoms. The van der Waals surface area contributed by atoms with Gasteiger partial charge in [-0.1, -0.05) is 56.5 Å². The number of benzene rings is 1. The van der Waals surface area contributed by atoms with Crippen molar-refractivity contribution < 1.29 is 0 Å². The summed E-state index contributed by atoms with van der Waals surface area (Å²) in [6.45, 7) is 2.19. The third kappa shape index (κ3) is 4.96. The average Bonchev–Trinajstić information content (AvgIpc) is 2.18. The summed E-state index contributed by atoms with van der Waals surface area (Å²) in [5.41, 5.74) is 12.8. The van der Waals surface area contributed by atoms with E-state index in [1.165, 1.54) is 18.4 Å². The van der Waals surface area contributed by atoms with Crippen molar-refractivity contribution in [2.24, 2.45) is 11.5 Å². The van der Waals surface area contributed by atoms with Crippen molar-refractivity contribution in [2.75, 3.05) is 0 Å². The second-order valence-electron chi connectivity index (χ2n) is 4.35. The molecule has 15 heavy (non-hydrogen) atoms. The first kappa shape index (κ1) is 12.2. The second kappa shape index (κ2) is 5.89. The highest BCUT2D eigenvalue weighted by Gasteiger charge is 2.18. The molecule has 0 unspecified atom stereocenters. The highest BCUT2D eigenvalue weighted by Crippen LogP contribution is 2.13. The van der Waals surface area contributed by atoms with Gasteiger partial charge in [-0.3, -0.25) is 0 Å². The molecule has 0 fully saturated rings. The number of hydrogen-bond acceptors (Lipinski definition) is 2. The number of unbranched alkanes of at least 4 members (excludes halogenated alkanes) is 2. The molecule has 0 aliphatic heterocycles. The Morgan fingerprint density at radius 1 is 1.07 bits per heavy atom. The van der Waals surface area contributed by atoms with Crippen LogP contribution < -0.4 is 11.5 Å². The van der Waals surface area contributed by atoms with Crippen molar-refractivity contribution in [2.45, 2.75) is 44.7 Å². The van der Waals surface area contributed by atoms with E-state index in [0.29, 0.717) is 0 Å². The van der Waals surface area contributed by atoms with E-state index in [9.17, 15) is 0 Å². The third-order valence-corrected chi connectivity index (χ3v) is 2.62. The van der Waals surface area contributed by atoms with Gasteiger partial charge in [0, 0.05) is 6.42 Å². The lowest BCUT2D eigenvalue weighted by atomic mass is 9.95. The standard InChI is InChI=1S/C13H22N2/c1-2-3-7-10-13(14,15)11-12-8-5-4-6-9-12/h4-6,8-9H,2-3,7,10-11,14-15H2,1H3. The Labute approximate surface area is 92.7 Å². The van der Waals surface area contributed by atoms with Crippen molar-refractivity contribution in [3.63, 3.8) is 0 Å². The second-order valence-corrected chi connectivity index (χ2v) is 4.35. The molecular formula is C13H22N2. The van der Waals surface area contributed by atoms with E-state index in [2.05, 4.69) is 19.1 Å².